The summed E-state index contributed by atoms with van der Waals surface area (Å²) in [6.45, 7) is 6.33. The number of aromatic amines is 1. The molecule has 3 heterocycles. The topological polar surface area (TPSA) is 66.6 Å². The highest BCUT2D eigenvalue weighted by Crippen LogP contribution is 2.35. The Balaban J connectivity index is 1.62. The van der Waals surface area contributed by atoms with Crippen molar-refractivity contribution in [1.82, 2.24) is 15.2 Å². The van der Waals surface area contributed by atoms with Crippen LogP contribution in [0.3, 0.4) is 0 Å². The molecule has 29 heavy (non-hydrogen) atoms. The molecule has 2 aromatic heterocycles. The fraction of sp³-hybridized carbons (Fsp3) is 0.333. The maximum atomic E-state index is 12.7. The molecule has 8 heteroatoms. The van der Waals surface area contributed by atoms with Crippen LogP contribution >= 0.6 is 23.6 Å². The lowest BCUT2D eigenvalue weighted by atomic mass is 10.1. The molecule has 2 N–H and O–H groups in total. The van der Waals surface area contributed by atoms with Gasteiger partial charge in [0.05, 0.1) is 18.6 Å². The van der Waals surface area contributed by atoms with Crippen molar-refractivity contribution in [3.8, 4) is 11.5 Å². The van der Waals surface area contributed by atoms with Crippen LogP contribution in [0.15, 0.2) is 40.5 Å². The van der Waals surface area contributed by atoms with E-state index in [1.54, 1.807) is 17.4 Å². The lowest BCUT2D eigenvalue weighted by Crippen LogP contribution is -2.41. The molecule has 0 aliphatic carbocycles. The molecule has 0 spiro atoms. The summed E-state index contributed by atoms with van der Waals surface area (Å²) in [5, 5.41) is 6.92. The standard InChI is InChI=1S/C21H23N3O3S2/c1-13(2)9-22-21(28)24(11-16-4-3-5-29-16)10-15-6-14-7-18-19(27-12-26-18)8-17(14)23-20(15)25/h3-8,13H,9-12H2,1-2H3,(H,22,28)(H,23,25). The van der Waals surface area contributed by atoms with Gasteiger partial charge in [-0.1, -0.05) is 19.9 Å². The number of hydrogen-bond donors (Lipinski definition) is 2. The van der Waals surface area contributed by atoms with Crippen LogP contribution in [0.2, 0.25) is 0 Å². The number of nitrogens with one attached hydrogen (secondary N) is 2. The number of fused-ring (bicyclic) bond motifs is 2. The van der Waals surface area contributed by atoms with Gasteiger partial charge in [0.2, 0.25) is 6.79 Å². The Morgan fingerprint density at radius 3 is 2.79 bits per heavy atom. The first-order valence-electron chi connectivity index (χ1n) is 9.50. The maximum absolute atomic E-state index is 12.7. The second-order valence-corrected chi connectivity index (χ2v) is 8.85. The van der Waals surface area contributed by atoms with Gasteiger partial charge in [-0.2, -0.15) is 0 Å². The van der Waals surface area contributed by atoms with E-state index in [0.29, 0.717) is 41.2 Å². The number of H-pyrrole nitrogens is 1. The van der Waals surface area contributed by atoms with Crippen LogP contribution in [0.1, 0.15) is 24.3 Å². The minimum Gasteiger partial charge on any atom is -0.454 e. The van der Waals surface area contributed by atoms with Gasteiger partial charge in [0.25, 0.3) is 5.56 Å². The fourth-order valence-corrected chi connectivity index (χ4v) is 4.09. The third-order valence-electron chi connectivity index (χ3n) is 4.65. The molecule has 1 aliphatic rings. The lowest BCUT2D eigenvalue weighted by Gasteiger charge is -2.26. The van der Waals surface area contributed by atoms with Crippen molar-refractivity contribution >= 4 is 39.6 Å². The summed E-state index contributed by atoms with van der Waals surface area (Å²) < 4.78 is 10.9. The monoisotopic (exact) mass is 429 g/mol. The Kier molecular flexibility index (Phi) is 5.73. The molecule has 0 atom stereocenters. The number of ether oxygens (including phenoxy) is 2. The van der Waals surface area contributed by atoms with Crippen LogP contribution in [0.25, 0.3) is 10.9 Å². The SMILES string of the molecule is CC(C)CNC(=S)N(Cc1cccs1)Cc1cc2cc3c(cc2[nH]c1=O)OCO3. The Bertz CT molecular complexity index is 1080. The summed E-state index contributed by atoms with van der Waals surface area (Å²) in [5.74, 6) is 1.82. The molecule has 0 saturated carbocycles. The molecular formula is C21H23N3O3S2. The molecule has 152 valence electrons. The summed E-state index contributed by atoms with van der Waals surface area (Å²) in [4.78, 5) is 18.9. The van der Waals surface area contributed by atoms with Crippen molar-refractivity contribution in [3.63, 3.8) is 0 Å². The van der Waals surface area contributed by atoms with Crippen molar-refractivity contribution in [2.24, 2.45) is 5.92 Å². The molecule has 1 aliphatic heterocycles. The van der Waals surface area contributed by atoms with E-state index in [0.717, 1.165) is 17.4 Å². The van der Waals surface area contributed by atoms with Gasteiger partial charge in [-0.25, -0.2) is 0 Å². The maximum Gasteiger partial charge on any atom is 0.253 e. The predicted octanol–water partition coefficient (Wildman–Crippen LogP) is 3.85. The zero-order valence-electron chi connectivity index (χ0n) is 16.4. The molecule has 4 rings (SSSR count). The molecule has 3 aromatic rings. The number of thiocarbonyl (C=S) groups is 1. The Labute approximate surface area is 178 Å². The van der Waals surface area contributed by atoms with Crippen molar-refractivity contribution in [2.45, 2.75) is 26.9 Å². The Morgan fingerprint density at radius 2 is 2.07 bits per heavy atom. The number of benzene rings is 1. The van der Waals surface area contributed by atoms with E-state index in [9.17, 15) is 4.79 Å². The average molecular weight is 430 g/mol. The van der Waals surface area contributed by atoms with Gasteiger partial charge < -0.3 is 24.7 Å². The zero-order chi connectivity index (χ0) is 20.4. The quantitative estimate of drug-likeness (QED) is 0.580. The number of hydrogen-bond acceptors (Lipinski definition) is 5. The second-order valence-electron chi connectivity index (χ2n) is 7.43. The molecule has 0 unspecified atom stereocenters. The summed E-state index contributed by atoms with van der Waals surface area (Å²) in [7, 11) is 0. The first-order chi connectivity index (χ1) is 14.0. The van der Waals surface area contributed by atoms with E-state index in [-0.39, 0.29) is 12.4 Å². The number of pyridine rings is 1. The fourth-order valence-electron chi connectivity index (χ4n) is 3.16. The van der Waals surface area contributed by atoms with E-state index in [2.05, 4.69) is 30.2 Å². The van der Waals surface area contributed by atoms with Crippen molar-refractivity contribution in [1.29, 1.82) is 0 Å². The summed E-state index contributed by atoms with van der Waals surface area (Å²) in [5.41, 5.74) is 1.26. The van der Waals surface area contributed by atoms with Crippen LogP contribution in [-0.2, 0) is 13.1 Å². The van der Waals surface area contributed by atoms with Gasteiger partial charge in [-0.3, -0.25) is 4.79 Å². The van der Waals surface area contributed by atoms with Crippen molar-refractivity contribution < 1.29 is 9.47 Å². The Hall–Kier alpha value is -2.58. The molecule has 6 nitrogen and oxygen atoms in total. The minimum absolute atomic E-state index is 0.126. The van der Waals surface area contributed by atoms with Crippen LogP contribution in [0.5, 0.6) is 11.5 Å². The van der Waals surface area contributed by atoms with Gasteiger partial charge in [0.15, 0.2) is 16.6 Å². The van der Waals surface area contributed by atoms with Crippen LogP contribution in [-0.4, -0.2) is 28.3 Å². The van der Waals surface area contributed by atoms with Crippen molar-refractivity contribution in [2.75, 3.05) is 13.3 Å². The van der Waals surface area contributed by atoms with Crippen LogP contribution in [0, 0.1) is 5.92 Å². The van der Waals surface area contributed by atoms with E-state index in [4.69, 9.17) is 21.7 Å². The number of aromatic nitrogens is 1. The predicted molar refractivity (Wildman–Crippen MR) is 120 cm³/mol. The van der Waals surface area contributed by atoms with Gasteiger partial charge in [0, 0.05) is 28.4 Å². The van der Waals surface area contributed by atoms with Crippen LogP contribution < -0.4 is 20.3 Å². The van der Waals surface area contributed by atoms with Crippen LogP contribution in [0.4, 0.5) is 0 Å². The summed E-state index contributed by atoms with van der Waals surface area (Å²) in [6, 6.07) is 9.71. The molecular weight excluding hydrogens is 406 g/mol. The number of rotatable bonds is 6. The smallest absolute Gasteiger partial charge is 0.253 e. The molecule has 0 saturated heterocycles. The molecule has 0 radical (unpaired) electrons. The van der Waals surface area contributed by atoms with Crippen molar-refractivity contribution in [3.05, 3.63) is 56.5 Å². The van der Waals surface area contributed by atoms with E-state index in [1.807, 2.05) is 28.5 Å². The van der Waals surface area contributed by atoms with E-state index < -0.39 is 0 Å². The highest BCUT2D eigenvalue weighted by molar-refractivity contribution is 7.80. The first-order valence-corrected chi connectivity index (χ1v) is 10.8. The zero-order valence-corrected chi connectivity index (χ0v) is 18.0. The van der Waals surface area contributed by atoms with Gasteiger partial charge in [0.1, 0.15) is 0 Å². The molecule has 1 aromatic carbocycles. The summed E-state index contributed by atoms with van der Waals surface area (Å²) in [6.07, 6.45) is 0. The number of nitrogens with zero attached hydrogens (tertiary/aromatic N) is 1. The lowest BCUT2D eigenvalue weighted by molar-refractivity contribution is 0.174. The Morgan fingerprint density at radius 1 is 1.28 bits per heavy atom. The largest absolute Gasteiger partial charge is 0.454 e. The van der Waals surface area contributed by atoms with Gasteiger partial charge in [-0.05, 0) is 41.7 Å². The molecule has 0 fully saturated rings. The van der Waals surface area contributed by atoms with E-state index >= 15 is 0 Å². The molecule has 0 amide bonds. The highest BCUT2D eigenvalue weighted by atomic mass is 32.1. The first kappa shape index (κ1) is 19.7. The van der Waals surface area contributed by atoms with Gasteiger partial charge >= 0.3 is 0 Å². The third-order valence-corrected chi connectivity index (χ3v) is 5.91. The molecule has 0 bridgehead atoms. The minimum atomic E-state index is -0.126. The van der Waals surface area contributed by atoms with E-state index in [1.165, 1.54) is 4.88 Å². The average Bonchev–Trinajstić information content (AvgIpc) is 3.35. The summed E-state index contributed by atoms with van der Waals surface area (Å²) >= 11 is 7.32. The highest BCUT2D eigenvalue weighted by Gasteiger charge is 2.18. The van der Waals surface area contributed by atoms with Gasteiger partial charge in [-0.15, -0.1) is 11.3 Å². The normalized spacial score (nSPS) is 12.5. The second kappa shape index (κ2) is 8.42. The third kappa shape index (κ3) is 4.54. The number of thiophene rings is 1.